The summed E-state index contributed by atoms with van der Waals surface area (Å²) in [5, 5.41) is 9.13. The molecule has 2 heterocycles. The van der Waals surface area contributed by atoms with Crippen molar-refractivity contribution in [3.05, 3.63) is 22.7 Å². The molecule has 2 atom stereocenters. The van der Waals surface area contributed by atoms with Crippen LogP contribution in [0.2, 0.25) is 0 Å². The number of anilines is 1. The van der Waals surface area contributed by atoms with Crippen molar-refractivity contribution in [1.29, 1.82) is 0 Å². The van der Waals surface area contributed by atoms with Gasteiger partial charge in [-0.25, -0.2) is 4.98 Å². The summed E-state index contributed by atoms with van der Waals surface area (Å²) in [4.78, 5) is 29.4. The van der Waals surface area contributed by atoms with Gasteiger partial charge in [-0.1, -0.05) is 6.92 Å². The van der Waals surface area contributed by atoms with E-state index in [1.807, 2.05) is 18.7 Å². The lowest BCUT2D eigenvalue weighted by atomic mass is 10.0. The molecule has 0 bridgehead atoms. The van der Waals surface area contributed by atoms with Gasteiger partial charge in [-0.05, 0) is 19.8 Å². The van der Waals surface area contributed by atoms with E-state index in [1.54, 1.807) is 17.0 Å². The van der Waals surface area contributed by atoms with Gasteiger partial charge in [0.15, 0.2) is 5.82 Å². The zero-order valence-corrected chi connectivity index (χ0v) is 11.2. The highest BCUT2D eigenvalue weighted by Gasteiger charge is 2.37. The summed E-state index contributed by atoms with van der Waals surface area (Å²) >= 11 is 0. The van der Waals surface area contributed by atoms with Gasteiger partial charge in [0.2, 0.25) is 0 Å². The third-order valence-corrected chi connectivity index (χ3v) is 3.70. The van der Waals surface area contributed by atoms with Gasteiger partial charge in [-0.2, -0.15) is 0 Å². The van der Waals surface area contributed by atoms with Gasteiger partial charge in [0.1, 0.15) is 0 Å². The zero-order valence-electron chi connectivity index (χ0n) is 11.2. The highest BCUT2D eigenvalue weighted by molar-refractivity contribution is 5.72. The molecule has 0 spiro atoms. The highest BCUT2D eigenvalue weighted by Crippen LogP contribution is 2.26. The van der Waals surface area contributed by atoms with Gasteiger partial charge in [0.05, 0.1) is 5.92 Å². The first-order valence-electron chi connectivity index (χ1n) is 6.61. The second kappa shape index (κ2) is 5.42. The molecule has 0 aromatic carbocycles. The quantitative estimate of drug-likeness (QED) is 0.877. The molecule has 1 aliphatic rings. The Labute approximate surface area is 111 Å². The third kappa shape index (κ3) is 2.47. The van der Waals surface area contributed by atoms with E-state index in [0.29, 0.717) is 25.3 Å². The lowest BCUT2D eigenvalue weighted by Gasteiger charge is -2.24. The van der Waals surface area contributed by atoms with E-state index >= 15 is 0 Å². The van der Waals surface area contributed by atoms with Crippen LogP contribution in [0, 0.1) is 5.92 Å². The normalized spacial score (nSPS) is 22.7. The predicted octanol–water partition coefficient (Wildman–Crippen LogP) is 0.953. The van der Waals surface area contributed by atoms with Crippen LogP contribution in [0.3, 0.4) is 0 Å². The molecule has 1 saturated heterocycles. The second-order valence-electron chi connectivity index (χ2n) is 4.92. The fraction of sp³-hybridized carbons (Fsp3) is 0.615. The smallest absolute Gasteiger partial charge is 0.308 e. The first kappa shape index (κ1) is 13.6. The van der Waals surface area contributed by atoms with Gasteiger partial charge in [-0.3, -0.25) is 9.59 Å². The number of carbonyl (C=O) groups is 1. The minimum absolute atomic E-state index is 0.137. The Morgan fingerprint density at radius 2 is 2.32 bits per heavy atom. The van der Waals surface area contributed by atoms with Crippen LogP contribution in [0.5, 0.6) is 0 Å². The van der Waals surface area contributed by atoms with E-state index in [-0.39, 0.29) is 11.6 Å². The van der Waals surface area contributed by atoms with Crippen molar-refractivity contribution in [3.8, 4) is 0 Å². The summed E-state index contributed by atoms with van der Waals surface area (Å²) in [7, 11) is 0. The summed E-state index contributed by atoms with van der Waals surface area (Å²) < 4.78 is 1.63. The molecule has 19 heavy (non-hydrogen) atoms. The first-order valence-corrected chi connectivity index (χ1v) is 6.61. The fourth-order valence-electron chi connectivity index (χ4n) is 2.62. The van der Waals surface area contributed by atoms with Gasteiger partial charge >= 0.3 is 5.97 Å². The molecule has 1 fully saturated rings. The number of aryl methyl sites for hydroxylation is 1. The van der Waals surface area contributed by atoms with Crippen LogP contribution in [0.15, 0.2) is 17.2 Å². The third-order valence-electron chi connectivity index (χ3n) is 3.70. The van der Waals surface area contributed by atoms with Crippen LogP contribution in [0.25, 0.3) is 0 Å². The zero-order chi connectivity index (χ0) is 14.0. The summed E-state index contributed by atoms with van der Waals surface area (Å²) in [6.07, 6.45) is 4.70. The fourth-order valence-corrected chi connectivity index (χ4v) is 2.62. The molecule has 1 aromatic heterocycles. The van der Waals surface area contributed by atoms with Crippen LogP contribution in [-0.4, -0.2) is 33.2 Å². The predicted molar refractivity (Wildman–Crippen MR) is 71.3 cm³/mol. The molecule has 1 N–H and O–H groups in total. The lowest BCUT2D eigenvalue weighted by Crippen LogP contribution is -2.38. The summed E-state index contributed by atoms with van der Waals surface area (Å²) in [6.45, 7) is 5.06. The standard InChI is InChI=1S/C13H19N3O3/c1-3-6-15-8-5-14-11(12(15)17)16-7-4-10(9(16)2)13(18)19/h5,8-10H,3-4,6-7H2,1-2H3,(H,18,19). The minimum atomic E-state index is -0.806. The molecular weight excluding hydrogens is 246 g/mol. The lowest BCUT2D eigenvalue weighted by molar-refractivity contribution is -0.141. The number of carboxylic acids is 1. The van der Waals surface area contributed by atoms with Crippen molar-refractivity contribution in [2.45, 2.75) is 39.3 Å². The topological polar surface area (TPSA) is 75.4 Å². The Morgan fingerprint density at radius 3 is 2.89 bits per heavy atom. The molecule has 2 unspecified atom stereocenters. The number of rotatable bonds is 4. The minimum Gasteiger partial charge on any atom is -0.481 e. The SMILES string of the molecule is CCCn1ccnc(N2CCC(C(=O)O)C2C)c1=O. The van der Waals surface area contributed by atoms with E-state index in [1.165, 1.54) is 0 Å². The van der Waals surface area contributed by atoms with E-state index in [4.69, 9.17) is 5.11 Å². The number of hydrogen-bond donors (Lipinski definition) is 1. The maximum atomic E-state index is 12.3. The molecular formula is C13H19N3O3. The van der Waals surface area contributed by atoms with Gasteiger partial charge in [-0.15, -0.1) is 0 Å². The highest BCUT2D eigenvalue weighted by atomic mass is 16.4. The summed E-state index contributed by atoms with van der Waals surface area (Å²) in [5.41, 5.74) is -0.137. The van der Waals surface area contributed by atoms with Crippen molar-refractivity contribution < 1.29 is 9.90 Å². The Morgan fingerprint density at radius 1 is 1.58 bits per heavy atom. The Kier molecular flexibility index (Phi) is 3.87. The van der Waals surface area contributed by atoms with Crippen LogP contribution in [-0.2, 0) is 11.3 Å². The van der Waals surface area contributed by atoms with Crippen molar-refractivity contribution in [2.24, 2.45) is 5.92 Å². The van der Waals surface area contributed by atoms with Gasteiger partial charge in [0, 0.05) is 31.5 Å². The van der Waals surface area contributed by atoms with Crippen LogP contribution >= 0.6 is 0 Å². The molecule has 0 aliphatic carbocycles. The molecule has 6 heteroatoms. The van der Waals surface area contributed by atoms with E-state index in [9.17, 15) is 9.59 Å². The molecule has 6 nitrogen and oxygen atoms in total. The summed E-state index contributed by atoms with van der Waals surface area (Å²) in [5.74, 6) is -0.868. The maximum Gasteiger partial charge on any atom is 0.308 e. The first-order chi connectivity index (χ1) is 9.06. The Balaban J connectivity index is 2.31. The van der Waals surface area contributed by atoms with Crippen LogP contribution in [0.1, 0.15) is 26.7 Å². The van der Waals surface area contributed by atoms with Crippen LogP contribution in [0.4, 0.5) is 5.82 Å². The Bertz CT molecular complexity index is 526. The molecule has 2 rings (SSSR count). The van der Waals surface area contributed by atoms with Crippen LogP contribution < -0.4 is 10.5 Å². The van der Waals surface area contributed by atoms with E-state index in [0.717, 1.165) is 6.42 Å². The van der Waals surface area contributed by atoms with E-state index in [2.05, 4.69) is 4.98 Å². The van der Waals surface area contributed by atoms with E-state index < -0.39 is 11.9 Å². The van der Waals surface area contributed by atoms with Crippen molar-refractivity contribution in [3.63, 3.8) is 0 Å². The number of carboxylic acid groups (broad SMARTS) is 1. The molecule has 104 valence electrons. The summed E-state index contributed by atoms with van der Waals surface area (Å²) in [6, 6.07) is -0.199. The molecule has 1 aromatic rings. The number of nitrogens with zero attached hydrogens (tertiary/aromatic N) is 3. The molecule has 0 saturated carbocycles. The molecule has 1 aliphatic heterocycles. The molecule has 0 radical (unpaired) electrons. The molecule has 0 amide bonds. The van der Waals surface area contributed by atoms with Gasteiger partial charge < -0.3 is 14.6 Å². The monoisotopic (exact) mass is 265 g/mol. The largest absolute Gasteiger partial charge is 0.481 e. The Hall–Kier alpha value is -1.85. The van der Waals surface area contributed by atoms with Crippen molar-refractivity contribution in [1.82, 2.24) is 9.55 Å². The van der Waals surface area contributed by atoms with Crippen molar-refractivity contribution in [2.75, 3.05) is 11.4 Å². The average molecular weight is 265 g/mol. The average Bonchev–Trinajstić information content (AvgIpc) is 2.74. The number of aliphatic carboxylic acids is 1. The maximum absolute atomic E-state index is 12.3. The second-order valence-corrected chi connectivity index (χ2v) is 4.92. The number of hydrogen-bond acceptors (Lipinski definition) is 4. The number of aromatic nitrogens is 2. The van der Waals surface area contributed by atoms with Crippen molar-refractivity contribution >= 4 is 11.8 Å². The van der Waals surface area contributed by atoms with Gasteiger partial charge in [0.25, 0.3) is 5.56 Å².